The number of carbonyl (C=O) groups excluding carboxylic acids is 1. The minimum Gasteiger partial charge on any atom is -0.461 e. The molecule has 3 aliphatic rings. The molecule has 2 aromatic rings. The first-order chi connectivity index (χ1) is 18.3. The Bertz CT molecular complexity index is 1280. The second-order valence-corrected chi connectivity index (χ2v) is 14.2. The Balaban J connectivity index is 1.47. The summed E-state index contributed by atoms with van der Waals surface area (Å²) in [6.07, 6.45) is 2.05. The molecule has 0 aliphatic carbocycles. The number of ether oxygens (including phenoxy) is 2. The molecule has 0 unspecified atom stereocenters. The molecule has 4 heterocycles. The molecule has 1 amide bonds. The largest absolute Gasteiger partial charge is 0.461 e. The van der Waals surface area contributed by atoms with E-state index in [9.17, 15) is 9.18 Å². The minimum absolute atomic E-state index is 0.00500. The first-order valence-corrected chi connectivity index (χ1v) is 15.6. The first-order valence-electron chi connectivity index (χ1n) is 13.4. The van der Waals surface area contributed by atoms with Gasteiger partial charge in [0.15, 0.2) is 0 Å². The third-order valence-electron chi connectivity index (χ3n) is 8.19. The smallest absolute Gasteiger partial charge is 0.410 e. The predicted octanol–water partition coefficient (Wildman–Crippen LogP) is 6.44. The average Bonchev–Trinajstić information content (AvgIpc) is 3.51. The molecule has 4 atom stereocenters. The van der Waals surface area contributed by atoms with Gasteiger partial charge < -0.3 is 19.3 Å². The molecule has 3 saturated heterocycles. The van der Waals surface area contributed by atoms with Gasteiger partial charge in [-0.15, -0.1) is 0 Å². The topological polar surface area (TPSA) is 71.0 Å². The summed E-state index contributed by atoms with van der Waals surface area (Å²) in [5.74, 6) is 0.681. The molecule has 0 spiro atoms. The van der Waals surface area contributed by atoms with Gasteiger partial charge in [-0.2, -0.15) is 9.97 Å². The van der Waals surface area contributed by atoms with Crippen molar-refractivity contribution < 1.29 is 18.7 Å². The highest BCUT2D eigenvalue weighted by Crippen LogP contribution is 2.42. The molecule has 0 radical (unpaired) electrons. The molecular formula is C27H35BrClFIN5O3. The number of anilines is 1. The minimum atomic E-state index is -0.830. The van der Waals surface area contributed by atoms with Crippen LogP contribution in [0.2, 0.25) is 5.02 Å². The van der Waals surface area contributed by atoms with Crippen LogP contribution in [0.3, 0.4) is 0 Å². The Labute approximate surface area is 256 Å². The summed E-state index contributed by atoms with van der Waals surface area (Å²) in [6.45, 7) is 9.95. The maximum absolute atomic E-state index is 14.3. The van der Waals surface area contributed by atoms with Crippen LogP contribution in [0, 0.1) is 3.57 Å². The molecule has 5 rings (SSSR count). The van der Waals surface area contributed by atoms with Gasteiger partial charge in [0.25, 0.3) is 0 Å². The number of benzene rings is 1. The zero-order chi connectivity index (χ0) is 28.3. The lowest BCUT2D eigenvalue weighted by Gasteiger charge is -2.33. The molecule has 3 fully saturated rings. The summed E-state index contributed by atoms with van der Waals surface area (Å²) < 4.78 is 27.9. The summed E-state index contributed by atoms with van der Waals surface area (Å²) in [4.78, 5) is 28.6. The number of halogens is 4. The molecule has 12 heteroatoms. The van der Waals surface area contributed by atoms with E-state index in [1.807, 2.05) is 40.8 Å². The fourth-order valence-electron chi connectivity index (χ4n) is 6.29. The Hall–Kier alpha value is -1.18. The van der Waals surface area contributed by atoms with E-state index in [1.165, 1.54) is 0 Å². The van der Waals surface area contributed by atoms with Crippen LogP contribution in [-0.2, 0) is 4.74 Å². The van der Waals surface area contributed by atoms with E-state index < -0.39 is 11.8 Å². The van der Waals surface area contributed by atoms with E-state index in [0.29, 0.717) is 37.0 Å². The van der Waals surface area contributed by atoms with Crippen molar-refractivity contribution in [2.24, 2.45) is 0 Å². The van der Waals surface area contributed by atoms with Crippen molar-refractivity contribution in [3.05, 3.63) is 19.1 Å². The number of aromatic nitrogens is 2. The van der Waals surface area contributed by atoms with Crippen LogP contribution < -0.4 is 9.64 Å². The maximum atomic E-state index is 14.3. The van der Waals surface area contributed by atoms with Gasteiger partial charge in [-0.05, 0) is 98.1 Å². The molecule has 39 heavy (non-hydrogen) atoms. The maximum Gasteiger partial charge on any atom is 0.410 e. The van der Waals surface area contributed by atoms with Crippen LogP contribution in [0.25, 0.3) is 10.9 Å². The standard InChI is InChI=1S/C27H35BrClFIN5O3/c1-15-19(7-10-36(15)25(37)39-26(2,3)4)34(5)23-17-11-18(29)20(28)21(31)22(17)32-24(33-23)38-14-27-8-6-9-35(27)13-16(30)12-27/h11,15-16,19H,6-10,12-14H2,1-5H3/t15-,16-,19-,27+/m1/s1. The molecular weight excluding hydrogens is 704 g/mol. The van der Waals surface area contributed by atoms with Crippen molar-refractivity contribution in [1.82, 2.24) is 19.8 Å². The predicted molar refractivity (Wildman–Crippen MR) is 163 cm³/mol. The Morgan fingerprint density at radius 3 is 2.82 bits per heavy atom. The third kappa shape index (κ3) is 5.66. The summed E-state index contributed by atoms with van der Waals surface area (Å²) in [6, 6.07) is 2.02. The number of carbonyl (C=O) groups is 1. The summed E-state index contributed by atoms with van der Waals surface area (Å²) in [5, 5.41) is 1.37. The fourth-order valence-corrected chi connectivity index (χ4v) is 7.66. The Morgan fingerprint density at radius 2 is 2.10 bits per heavy atom. The first kappa shape index (κ1) is 29.3. The normalized spacial score (nSPS) is 27.3. The zero-order valence-electron chi connectivity index (χ0n) is 22.9. The Kier molecular flexibility index (Phi) is 8.20. The summed E-state index contributed by atoms with van der Waals surface area (Å²) in [5.41, 5.74) is -0.137. The summed E-state index contributed by atoms with van der Waals surface area (Å²) >= 11 is 12.4. The van der Waals surface area contributed by atoms with Crippen molar-refractivity contribution in [2.45, 2.75) is 82.8 Å². The van der Waals surface area contributed by atoms with Gasteiger partial charge in [0, 0.05) is 31.9 Å². The number of fused-ring (bicyclic) bond motifs is 2. The van der Waals surface area contributed by atoms with Gasteiger partial charge in [-0.25, -0.2) is 9.18 Å². The van der Waals surface area contributed by atoms with Crippen molar-refractivity contribution in [1.29, 1.82) is 0 Å². The zero-order valence-corrected chi connectivity index (χ0v) is 27.4. The highest BCUT2D eigenvalue weighted by molar-refractivity contribution is 14.1. The molecule has 8 nitrogen and oxygen atoms in total. The highest BCUT2D eigenvalue weighted by atomic mass is 127. The van der Waals surface area contributed by atoms with Crippen LogP contribution in [0.5, 0.6) is 6.01 Å². The molecule has 1 aromatic heterocycles. The number of alkyl halides is 1. The number of nitrogens with zero attached hydrogens (tertiary/aromatic N) is 5. The lowest BCUT2D eigenvalue weighted by atomic mass is 9.95. The van der Waals surface area contributed by atoms with Crippen LogP contribution >= 0.6 is 50.1 Å². The number of rotatable bonds is 5. The van der Waals surface area contributed by atoms with Crippen molar-refractivity contribution in [3.8, 4) is 6.01 Å². The second kappa shape index (κ2) is 10.9. The SMILES string of the molecule is C[C@@H]1[C@H](N(C)c2nc(OC[C@@]34CCCN3C[C@H](F)C4)nc3c(I)c(Br)c(Cl)cc23)CCN1C(=O)OC(C)(C)C. The van der Waals surface area contributed by atoms with E-state index in [2.05, 4.69) is 48.3 Å². The van der Waals surface area contributed by atoms with Crippen LogP contribution in [0.1, 0.15) is 53.4 Å². The highest BCUT2D eigenvalue weighted by Gasteiger charge is 2.49. The van der Waals surface area contributed by atoms with Gasteiger partial charge in [0.2, 0.25) is 0 Å². The van der Waals surface area contributed by atoms with Gasteiger partial charge in [0.1, 0.15) is 24.2 Å². The fraction of sp³-hybridized carbons (Fsp3) is 0.667. The number of likely N-dealkylation sites (tertiary alicyclic amines) is 1. The molecule has 214 valence electrons. The van der Waals surface area contributed by atoms with Crippen molar-refractivity contribution in [2.75, 3.05) is 38.2 Å². The lowest BCUT2D eigenvalue weighted by Crippen LogP contribution is -2.45. The molecule has 3 aliphatic heterocycles. The van der Waals surface area contributed by atoms with E-state index in [-0.39, 0.29) is 29.7 Å². The number of hydrogen-bond donors (Lipinski definition) is 0. The number of hydrogen-bond acceptors (Lipinski definition) is 7. The van der Waals surface area contributed by atoms with Crippen molar-refractivity contribution >= 4 is 72.9 Å². The van der Waals surface area contributed by atoms with Gasteiger partial charge in [0.05, 0.1) is 36.2 Å². The number of likely N-dealkylation sites (N-methyl/N-ethyl adjacent to an activating group) is 1. The average molecular weight is 739 g/mol. The lowest BCUT2D eigenvalue weighted by molar-refractivity contribution is 0.0233. The quantitative estimate of drug-likeness (QED) is 0.259. The molecule has 0 N–H and O–H groups in total. The number of amides is 1. The monoisotopic (exact) mass is 737 g/mol. The van der Waals surface area contributed by atoms with E-state index in [4.69, 9.17) is 31.0 Å². The van der Waals surface area contributed by atoms with Crippen molar-refractivity contribution in [3.63, 3.8) is 0 Å². The van der Waals surface area contributed by atoms with Gasteiger partial charge in [-0.1, -0.05) is 11.6 Å². The van der Waals surface area contributed by atoms with Crippen LogP contribution in [0.15, 0.2) is 10.5 Å². The molecule has 0 saturated carbocycles. The van der Waals surface area contributed by atoms with Gasteiger partial charge in [-0.3, -0.25) is 4.90 Å². The van der Waals surface area contributed by atoms with E-state index in [0.717, 1.165) is 44.8 Å². The van der Waals surface area contributed by atoms with Gasteiger partial charge >= 0.3 is 12.1 Å². The summed E-state index contributed by atoms with van der Waals surface area (Å²) in [7, 11) is 1.98. The van der Waals surface area contributed by atoms with E-state index >= 15 is 0 Å². The second-order valence-electron chi connectivity index (χ2n) is 12.0. The van der Waals surface area contributed by atoms with Crippen LogP contribution in [-0.4, -0.2) is 88.5 Å². The molecule has 0 bridgehead atoms. The molecule has 1 aromatic carbocycles. The Morgan fingerprint density at radius 1 is 1.36 bits per heavy atom. The van der Waals surface area contributed by atoms with E-state index in [1.54, 1.807) is 4.90 Å². The van der Waals surface area contributed by atoms with Crippen LogP contribution in [0.4, 0.5) is 15.0 Å². The third-order valence-corrected chi connectivity index (χ3v) is 11.3.